The van der Waals surface area contributed by atoms with E-state index in [1.807, 2.05) is 24.3 Å². The van der Waals surface area contributed by atoms with Crippen molar-refractivity contribution in [1.82, 2.24) is 15.3 Å². The normalized spacial score (nSPS) is 22.7. The molecule has 10 heteroatoms. The molecular formula is C22H26N4O6. The van der Waals surface area contributed by atoms with E-state index in [1.165, 1.54) is 0 Å². The highest BCUT2D eigenvalue weighted by Crippen LogP contribution is 2.23. The molecule has 2 aliphatic heterocycles. The number of carbonyl (C=O) groups is 1. The Morgan fingerprint density at radius 1 is 1.22 bits per heavy atom. The number of aliphatic hydroxyl groups excluding tert-OH is 1. The largest absolute Gasteiger partial charge is 0.497 e. The Kier molecular flexibility index (Phi) is 6.93. The Balaban J connectivity index is 1.38. The predicted molar refractivity (Wildman–Crippen MR) is 114 cm³/mol. The van der Waals surface area contributed by atoms with Crippen LogP contribution >= 0.6 is 0 Å². The van der Waals surface area contributed by atoms with Gasteiger partial charge >= 0.3 is 0 Å². The quantitative estimate of drug-likeness (QED) is 0.651. The summed E-state index contributed by atoms with van der Waals surface area (Å²) in [7, 11) is 1.60. The van der Waals surface area contributed by atoms with E-state index in [9.17, 15) is 4.79 Å². The van der Waals surface area contributed by atoms with E-state index in [1.54, 1.807) is 20.1 Å². The Bertz CT molecular complexity index is 990. The van der Waals surface area contributed by atoms with Crippen molar-refractivity contribution in [2.24, 2.45) is 5.16 Å². The van der Waals surface area contributed by atoms with Gasteiger partial charge < -0.3 is 29.5 Å². The van der Waals surface area contributed by atoms with Gasteiger partial charge in [-0.05, 0) is 30.7 Å². The van der Waals surface area contributed by atoms with Gasteiger partial charge in [0.1, 0.15) is 35.2 Å². The van der Waals surface area contributed by atoms with Crippen molar-refractivity contribution in [3.8, 4) is 5.75 Å². The Hall–Kier alpha value is -3.08. The van der Waals surface area contributed by atoms with Gasteiger partial charge in [0.2, 0.25) is 0 Å². The Labute approximate surface area is 185 Å². The Morgan fingerprint density at radius 2 is 2.09 bits per heavy atom. The van der Waals surface area contributed by atoms with Gasteiger partial charge in [0.15, 0.2) is 6.10 Å². The second-order valence-corrected chi connectivity index (χ2v) is 7.62. The van der Waals surface area contributed by atoms with Crippen molar-refractivity contribution in [3.05, 3.63) is 53.1 Å². The fourth-order valence-corrected chi connectivity index (χ4v) is 3.51. The van der Waals surface area contributed by atoms with Crippen molar-refractivity contribution in [3.63, 3.8) is 0 Å². The number of ether oxygens (including phenoxy) is 3. The molecule has 0 aliphatic carbocycles. The zero-order valence-corrected chi connectivity index (χ0v) is 18.0. The molecular weight excluding hydrogens is 416 g/mol. The van der Waals surface area contributed by atoms with Gasteiger partial charge in [-0.2, -0.15) is 0 Å². The lowest BCUT2D eigenvalue weighted by atomic mass is 10.0. The number of aliphatic hydroxyl groups is 1. The minimum absolute atomic E-state index is 0.0805. The molecule has 3 unspecified atom stereocenters. The van der Waals surface area contributed by atoms with Crippen LogP contribution in [0.15, 0.2) is 35.5 Å². The van der Waals surface area contributed by atoms with Crippen molar-refractivity contribution >= 4 is 11.6 Å². The monoisotopic (exact) mass is 442 g/mol. The molecule has 2 aliphatic rings. The Morgan fingerprint density at radius 3 is 2.84 bits per heavy atom. The molecule has 170 valence electrons. The van der Waals surface area contributed by atoms with Crippen LogP contribution in [0.2, 0.25) is 0 Å². The summed E-state index contributed by atoms with van der Waals surface area (Å²) in [5.74, 6) is 0.878. The first kappa shape index (κ1) is 22.1. The van der Waals surface area contributed by atoms with E-state index in [2.05, 4.69) is 20.4 Å². The highest BCUT2D eigenvalue weighted by molar-refractivity contribution is 6.02. The van der Waals surface area contributed by atoms with Crippen LogP contribution in [0.25, 0.3) is 0 Å². The van der Waals surface area contributed by atoms with Crippen molar-refractivity contribution < 1.29 is 28.9 Å². The van der Waals surface area contributed by atoms with E-state index in [4.69, 9.17) is 24.2 Å². The highest BCUT2D eigenvalue weighted by Gasteiger charge is 2.35. The molecule has 0 bridgehead atoms. The molecule has 3 atom stereocenters. The number of carbonyl (C=O) groups excluding carboxylic acids is 1. The third-order valence-corrected chi connectivity index (χ3v) is 5.26. The maximum atomic E-state index is 12.7. The maximum Gasteiger partial charge on any atom is 0.270 e. The number of nitrogens with one attached hydrogen (secondary N) is 1. The van der Waals surface area contributed by atoms with Gasteiger partial charge in [0, 0.05) is 13.0 Å². The molecule has 10 nitrogen and oxygen atoms in total. The summed E-state index contributed by atoms with van der Waals surface area (Å²) in [6.45, 7) is 2.61. The fraction of sp³-hybridized carbons (Fsp3) is 0.455. The number of aryl methyl sites for hydroxylation is 1. The number of aromatic nitrogens is 2. The smallest absolute Gasteiger partial charge is 0.270 e. The summed E-state index contributed by atoms with van der Waals surface area (Å²) in [6.07, 6.45) is -0.437. The number of oxime groups is 1. The summed E-state index contributed by atoms with van der Waals surface area (Å²) in [5, 5.41) is 16.2. The van der Waals surface area contributed by atoms with Crippen molar-refractivity contribution in [1.29, 1.82) is 0 Å². The van der Waals surface area contributed by atoms with E-state index >= 15 is 0 Å². The lowest BCUT2D eigenvalue weighted by Crippen LogP contribution is -2.43. The predicted octanol–water partition coefficient (Wildman–Crippen LogP) is 0.993. The number of hydrogen-bond acceptors (Lipinski definition) is 9. The van der Waals surface area contributed by atoms with Gasteiger partial charge in [-0.3, -0.25) is 4.79 Å². The van der Waals surface area contributed by atoms with Crippen LogP contribution in [-0.2, 0) is 20.9 Å². The molecule has 1 aromatic heterocycles. The third-order valence-electron chi connectivity index (χ3n) is 5.26. The second-order valence-electron chi connectivity index (χ2n) is 7.62. The number of rotatable bonds is 7. The summed E-state index contributed by atoms with van der Waals surface area (Å²) >= 11 is 0. The average molecular weight is 442 g/mol. The van der Waals surface area contributed by atoms with Crippen LogP contribution < -0.4 is 10.1 Å². The number of amides is 1. The first-order chi connectivity index (χ1) is 15.6. The van der Waals surface area contributed by atoms with Gasteiger partial charge in [-0.15, -0.1) is 0 Å². The summed E-state index contributed by atoms with van der Waals surface area (Å²) in [6, 6.07) is 9.09. The molecule has 0 spiro atoms. The molecule has 0 saturated carbocycles. The number of nitrogens with zero attached hydrogens (tertiary/aromatic N) is 3. The standard InChI is InChI=1S/C22H26N4O6/c1-13-24-17(18-8-20(32-26-18)21-12-30-16(10-27)11-31-21)7-19(25-13)22(28)23-9-14-4-3-5-15(6-14)29-2/h3-7,16,20-21,27H,8-12H2,1-2H3,(H,23,28). The van der Waals surface area contributed by atoms with Crippen LogP contribution in [0, 0.1) is 6.92 Å². The maximum absolute atomic E-state index is 12.7. The van der Waals surface area contributed by atoms with E-state index in [0.717, 1.165) is 11.3 Å². The molecule has 3 heterocycles. The van der Waals surface area contributed by atoms with Crippen LogP contribution in [0.5, 0.6) is 5.75 Å². The number of benzene rings is 1. The minimum atomic E-state index is -0.315. The molecule has 1 amide bonds. The zero-order valence-electron chi connectivity index (χ0n) is 18.0. The SMILES string of the molecule is COc1cccc(CNC(=O)c2cc(C3=NOC(C4COC(CO)CO4)C3)nc(C)n2)c1. The summed E-state index contributed by atoms with van der Waals surface area (Å²) in [5.41, 5.74) is 2.33. The highest BCUT2D eigenvalue weighted by atomic mass is 16.7. The van der Waals surface area contributed by atoms with Crippen molar-refractivity contribution in [2.45, 2.75) is 38.2 Å². The topological polar surface area (TPSA) is 124 Å². The van der Waals surface area contributed by atoms with Crippen LogP contribution in [0.3, 0.4) is 0 Å². The zero-order chi connectivity index (χ0) is 22.5. The van der Waals surface area contributed by atoms with Crippen LogP contribution in [0.4, 0.5) is 0 Å². The molecule has 1 fully saturated rings. The molecule has 2 N–H and O–H groups in total. The number of methoxy groups -OCH3 is 1. The lowest BCUT2D eigenvalue weighted by molar-refractivity contribution is -0.178. The first-order valence-corrected chi connectivity index (χ1v) is 10.4. The molecule has 32 heavy (non-hydrogen) atoms. The van der Waals surface area contributed by atoms with E-state index in [0.29, 0.717) is 43.4 Å². The summed E-state index contributed by atoms with van der Waals surface area (Å²) in [4.78, 5) is 26.9. The molecule has 1 saturated heterocycles. The van der Waals surface area contributed by atoms with Gasteiger partial charge in [0.05, 0.1) is 32.6 Å². The van der Waals surface area contributed by atoms with Gasteiger partial charge in [-0.25, -0.2) is 9.97 Å². The second kappa shape index (κ2) is 10.0. The average Bonchev–Trinajstić information content (AvgIpc) is 3.33. The van der Waals surface area contributed by atoms with E-state index in [-0.39, 0.29) is 36.5 Å². The minimum Gasteiger partial charge on any atom is -0.497 e. The van der Waals surface area contributed by atoms with Crippen molar-refractivity contribution in [2.75, 3.05) is 26.9 Å². The number of hydrogen-bond donors (Lipinski definition) is 2. The first-order valence-electron chi connectivity index (χ1n) is 10.4. The van der Waals surface area contributed by atoms with E-state index < -0.39 is 0 Å². The van der Waals surface area contributed by atoms with Gasteiger partial charge in [0.25, 0.3) is 5.91 Å². The lowest BCUT2D eigenvalue weighted by Gasteiger charge is -2.30. The molecule has 0 radical (unpaired) electrons. The summed E-state index contributed by atoms with van der Waals surface area (Å²) < 4.78 is 16.5. The molecule has 2 aromatic rings. The molecule has 1 aromatic carbocycles. The van der Waals surface area contributed by atoms with Crippen LogP contribution in [0.1, 0.15) is 34.0 Å². The third kappa shape index (κ3) is 5.21. The molecule has 4 rings (SSSR count). The van der Waals surface area contributed by atoms with Crippen LogP contribution in [-0.4, -0.2) is 71.9 Å². The van der Waals surface area contributed by atoms with Gasteiger partial charge in [-0.1, -0.05) is 17.3 Å². The fourth-order valence-electron chi connectivity index (χ4n) is 3.51.